The minimum absolute atomic E-state index is 0.983. The monoisotopic (exact) mass is 139 g/mol. The molecule has 1 nitrogen and oxygen atoms in total. The number of allylic oxidation sites excluding steroid dienone is 2. The predicted molar refractivity (Wildman–Crippen MR) is 47.1 cm³/mol. The first-order valence-corrected chi connectivity index (χ1v) is 3.83. The molecule has 0 saturated heterocycles. The average molecular weight is 139 g/mol. The Bertz CT molecular complexity index is 123. The van der Waals surface area contributed by atoms with Gasteiger partial charge < -0.3 is 5.32 Å². The van der Waals surface area contributed by atoms with E-state index in [-0.39, 0.29) is 0 Å². The quantitative estimate of drug-likeness (QED) is 0.588. The molecule has 1 N–H and O–H groups in total. The summed E-state index contributed by atoms with van der Waals surface area (Å²) < 4.78 is 0. The van der Waals surface area contributed by atoms with Gasteiger partial charge in [0.1, 0.15) is 0 Å². The third-order valence-electron chi connectivity index (χ3n) is 1.33. The molecule has 0 aromatic carbocycles. The van der Waals surface area contributed by atoms with E-state index >= 15 is 0 Å². The predicted octanol–water partition coefficient (Wildman–Crippen LogP) is 2.12. The first-order valence-electron chi connectivity index (χ1n) is 3.83. The van der Waals surface area contributed by atoms with E-state index in [0.717, 1.165) is 13.1 Å². The highest BCUT2D eigenvalue weighted by Gasteiger charge is 1.85. The zero-order valence-electron chi connectivity index (χ0n) is 7.15. The summed E-state index contributed by atoms with van der Waals surface area (Å²) in [5, 5.41) is 3.26. The van der Waals surface area contributed by atoms with Gasteiger partial charge in [0.25, 0.3) is 0 Å². The fraction of sp³-hybridized carbons (Fsp3) is 0.556. The van der Waals surface area contributed by atoms with Crippen LogP contribution >= 0.6 is 0 Å². The molecule has 0 radical (unpaired) electrons. The van der Waals surface area contributed by atoms with Crippen molar-refractivity contribution in [3.63, 3.8) is 0 Å². The van der Waals surface area contributed by atoms with Crippen molar-refractivity contribution in [2.45, 2.75) is 20.8 Å². The second-order valence-electron chi connectivity index (χ2n) is 2.14. The first-order chi connectivity index (χ1) is 4.85. The molecule has 10 heavy (non-hydrogen) atoms. The van der Waals surface area contributed by atoms with E-state index in [4.69, 9.17) is 0 Å². The Kier molecular flexibility index (Phi) is 6.19. The molecule has 1 heteroatoms. The highest BCUT2D eigenvalue weighted by atomic mass is 14.8. The Morgan fingerprint density at radius 1 is 1.40 bits per heavy atom. The van der Waals surface area contributed by atoms with Gasteiger partial charge in [-0.1, -0.05) is 25.2 Å². The maximum Gasteiger partial charge on any atom is 0.0201 e. The molecule has 0 aromatic rings. The maximum absolute atomic E-state index is 3.26. The first kappa shape index (κ1) is 9.44. The zero-order valence-corrected chi connectivity index (χ0v) is 7.15. The van der Waals surface area contributed by atoms with Crippen molar-refractivity contribution in [3.05, 3.63) is 23.8 Å². The van der Waals surface area contributed by atoms with E-state index in [0.29, 0.717) is 0 Å². The van der Waals surface area contributed by atoms with Gasteiger partial charge in [-0.2, -0.15) is 0 Å². The summed E-state index contributed by atoms with van der Waals surface area (Å²) in [6.45, 7) is 8.23. The Balaban J connectivity index is 3.62. The van der Waals surface area contributed by atoms with Gasteiger partial charge >= 0.3 is 0 Å². The van der Waals surface area contributed by atoms with Crippen LogP contribution in [0.1, 0.15) is 20.8 Å². The minimum atomic E-state index is 0.983. The normalized spacial score (nSPS) is 12.9. The van der Waals surface area contributed by atoms with E-state index in [1.807, 2.05) is 6.92 Å². The second kappa shape index (κ2) is 6.56. The molecule has 0 spiro atoms. The van der Waals surface area contributed by atoms with Crippen molar-refractivity contribution in [2.75, 3.05) is 13.1 Å². The molecule has 0 fully saturated rings. The van der Waals surface area contributed by atoms with E-state index < -0.39 is 0 Å². The molecule has 0 aromatic heterocycles. The summed E-state index contributed by atoms with van der Waals surface area (Å²) in [5.74, 6) is 0. The van der Waals surface area contributed by atoms with Crippen LogP contribution in [0.15, 0.2) is 23.8 Å². The largest absolute Gasteiger partial charge is 0.313 e. The van der Waals surface area contributed by atoms with Crippen molar-refractivity contribution in [1.82, 2.24) is 5.32 Å². The zero-order chi connectivity index (χ0) is 7.82. The Morgan fingerprint density at radius 2 is 2.10 bits per heavy atom. The third kappa shape index (κ3) is 4.33. The summed E-state index contributed by atoms with van der Waals surface area (Å²) in [5.41, 5.74) is 1.35. The topological polar surface area (TPSA) is 12.0 Å². The van der Waals surface area contributed by atoms with Gasteiger partial charge in [0.2, 0.25) is 0 Å². The molecule has 0 aliphatic rings. The number of hydrogen-bond donors (Lipinski definition) is 1. The number of likely N-dealkylation sites (N-methyl/N-ethyl adjacent to an activating group) is 1. The van der Waals surface area contributed by atoms with Crippen molar-refractivity contribution in [3.8, 4) is 0 Å². The van der Waals surface area contributed by atoms with Crippen molar-refractivity contribution < 1.29 is 0 Å². The highest BCUT2D eigenvalue weighted by molar-refractivity contribution is 5.18. The van der Waals surface area contributed by atoms with Gasteiger partial charge in [0.15, 0.2) is 0 Å². The average Bonchev–Trinajstić information content (AvgIpc) is 1.98. The van der Waals surface area contributed by atoms with Crippen molar-refractivity contribution in [2.24, 2.45) is 0 Å². The van der Waals surface area contributed by atoms with Gasteiger partial charge in [-0.3, -0.25) is 0 Å². The van der Waals surface area contributed by atoms with Gasteiger partial charge in [0, 0.05) is 6.54 Å². The lowest BCUT2D eigenvalue weighted by atomic mass is 10.2. The number of hydrogen-bond acceptors (Lipinski definition) is 1. The van der Waals surface area contributed by atoms with Crippen LogP contribution in [0.4, 0.5) is 0 Å². The van der Waals surface area contributed by atoms with Crippen LogP contribution in [0, 0.1) is 0 Å². The smallest absolute Gasteiger partial charge is 0.0201 e. The van der Waals surface area contributed by atoms with Crippen LogP contribution in [0.5, 0.6) is 0 Å². The summed E-state index contributed by atoms with van der Waals surface area (Å²) in [6, 6.07) is 0. The lowest BCUT2D eigenvalue weighted by Crippen LogP contribution is -2.15. The number of rotatable bonds is 4. The highest BCUT2D eigenvalue weighted by Crippen LogP contribution is 1.93. The van der Waals surface area contributed by atoms with Crippen LogP contribution in [0.3, 0.4) is 0 Å². The van der Waals surface area contributed by atoms with Crippen molar-refractivity contribution in [1.29, 1.82) is 0 Å². The van der Waals surface area contributed by atoms with Crippen LogP contribution in [-0.4, -0.2) is 13.1 Å². The summed E-state index contributed by atoms with van der Waals surface area (Å²) in [4.78, 5) is 0. The second-order valence-corrected chi connectivity index (χ2v) is 2.14. The lowest BCUT2D eigenvalue weighted by molar-refractivity contribution is 0.784. The summed E-state index contributed by atoms with van der Waals surface area (Å²) in [7, 11) is 0. The Hall–Kier alpha value is -0.560. The third-order valence-corrected chi connectivity index (χ3v) is 1.33. The SMILES string of the molecule is C/C=C\C(=C/C)CNCC. The number of nitrogens with one attached hydrogen (secondary N) is 1. The van der Waals surface area contributed by atoms with Gasteiger partial charge in [0.05, 0.1) is 0 Å². The summed E-state index contributed by atoms with van der Waals surface area (Å²) >= 11 is 0. The molecule has 0 rings (SSSR count). The Labute approximate surface area is 63.8 Å². The van der Waals surface area contributed by atoms with E-state index in [1.54, 1.807) is 0 Å². The molecule has 0 amide bonds. The Morgan fingerprint density at radius 3 is 2.50 bits per heavy atom. The van der Waals surface area contributed by atoms with Crippen LogP contribution < -0.4 is 5.32 Å². The molecule has 0 saturated carbocycles. The molecule has 58 valence electrons. The van der Waals surface area contributed by atoms with E-state index in [2.05, 4.69) is 37.4 Å². The van der Waals surface area contributed by atoms with Gasteiger partial charge in [-0.25, -0.2) is 0 Å². The standard InChI is InChI=1S/C9H17N/c1-4-7-9(5-2)8-10-6-3/h4-5,7,10H,6,8H2,1-3H3/b7-4-,9-5+. The van der Waals surface area contributed by atoms with Crippen LogP contribution in [0.25, 0.3) is 0 Å². The lowest BCUT2D eigenvalue weighted by Gasteiger charge is -2.00. The molecular formula is C9H17N. The van der Waals surface area contributed by atoms with Gasteiger partial charge in [-0.05, 0) is 26.0 Å². The molecule has 0 atom stereocenters. The van der Waals surface area contributed by atoms with E-state index in [1.165, 1.54) is 5.57 Å². The van der Waals surface area contributed by atoms with Crippen LogP contribution in [0.2, 0.25) is 0 Å². The molecular weight excluding hydrogens is 122 g/mol. The molecule has 0 unspecified atom stereocenters. The van der Waals surface area contributed by atoms with Crippen LogP contribution in [-0.2, 0) is 0 Å². The van der Waals surface area contributed by atoms with Crippen molar-refractivity contribution >= 4 is 0 Å². The molecule has 0 bridgehead atoms. The van der Waals surface area contributed by atoms with E-state index in [9.17, 15) is 0 Å². The maximum atomic E-state index is 3.26. The molecule has 0 aliphatic heterocycles. The van der Waals surface area contributed by atoms with Gasteiger partial charge in [-0.15, -0.1) is 0 Å². The fourth-order valence-corrected chi connectivity index (χ4v) is 0.741. The minimum Gasteiger partial charge on any atom is -0.313 e. The molecule has 0 heterocycles. The fourth-order valence-electron chi connectivity index (χ4n) is 0.741. The summed E-state index contributed by atoms with van der Waals surface area (Å²) in [6.07, 6.45) is 6.32. The molecule has 0 aliphatic carbocycles.